The number of aliphatic hydroxyl groups is 1. The molecule has 0 aromatic heterocycles. The summed E-state index contributed by atoms with van der Waals surface area (Å²) < 4.78 is 10.4. The average molecular weight is 286 g/mol. The van der Waals surface area contributed by atoms with Crippen LogP contribution in [0, 0.1) is 0 Å². The van der Waals surface area contributed by atoms with E-state index < -0.39 is 5.78 Å². The van der Waals surface area contributed by atoms with Crippen LogP contribution in [0.4, 0.5) is 0 Å². The summed E-state index contributed by atoms with van der Waals surface area (Å²) in [6.45, 7) is 2.02. The fraction of sp³-hybridized carbons (Fsp3) is 0.235. The summed E-state index contributed by atoms with van der Waals surface area (Å²) in [6, 6.07) is 7.64. The van der Waals surface area contributed by atoms with E-state index in [0.717, 1.165) is 28.9 Å². The van der Waals surface area contributed by atoms with Crippen LogP contribution in [-0.4, -0.2) is 25.1 Å². The standard InChI is InChI=1S/C17H18O4/c1-4-13(11-5-7-12(20-2)8-6-11)14-9-15(18)16(19)10-17(14)21-3/h5-10,18H,4H2,1-3H3. The summed E-state index contributed by atoms with van der Waals surface area (Å²) in [4.78, 5) is 11.5. The van der Waals surface area contributed by atoms with Gasteiger partial charge in [0.05, 0.1) is 14.2 Å². The predicted octanol–water partition coefficient (Wildman–Crippen LogP) is 3.41. The highest BCUT2D eigenvalue weighted by Crippen LogP contribution is 2.31. The summed E-state index contributed by atoms with van der Waals surface area (Å²) in [6.07, 6.45) is 3.51. The first-order chi connectivity index (χ1) is 10.1. The number of carbonyl (C=O) groups is 1. The molecule has 0 radical (unpaired) electrons. The third kappa shape index (κ3) is 2.99. The smallest absolute Gasteiger partial charge is 0.223 e. The molecule has 0 fully saturated rings. The van der Waals surface area contributed by atoms with Gasteiger partial charge >= 0.3 is 0 Å². The number of aliphatic hydroxyl groups excluding tert-OH is 1. The lowest BCUT2D eigenvalue weighted by atomic mass is 9.93. The minimum atomic E-state index is -0.444. The molecule has 1 N–H and O–H groups in total. The van der Waals surface area contributed by atoms with Gasteiger partial charge in [-0.1, -0.05) is 19.1 Å². The molecular weight excluding hydrogens is 268 g/mol. The fourth-order valence-electron chi connectivity index (χ4n) is 2.30. The van der Waals surface area contributed by atoms with Crippen molar-refractivity contribution in [3.63, 3.8) is 0 Å². The van der Waals surface area contributed by atoms with Gasteiger partial charge in [-0.25, -0.2) is 0 Å². The molecule has 21 heavy (non-hydrogen) atoms. The number of methoxy groups -OCH3 is 2. The zero-order chi connectivity index (χ0) is 15.4. The van der Waals surface area contributed by atoms with Crippen LogP contribution in [0.2, 0.25) is 0 Å². The second-order valence-electron chi connectivity index (χ2n) is 4.58. The van der Waals surface area contributed by atoms with Gasteiger partial charge in [0.2, 0.25) is 5.78 Å². The second kappa shape index (κ2) is 6.31. The van der Waals surface area contributed by atoms with Crippen molar-refractivity contribution in [1.82, 2.24) is 0 Å². The maximum absolute atomic E-state index is 11.5. The Hall–Kier alpha value is -2.49. The van der Waals surface area contributed by atoms with Crippen molar-refractivity contribution < 1.29 is 19.4 Å². The van der Waals surface area contributed by atoms with Crippen molar-refractivity contribution in [2.45, 2.75) is 13.3 Å². The van der Waals surface area contributed by atoms with Crippen molar-refractivity contribution in [3.05, 3.63) is 59.1 Å². The summed E-state index contributed by atoms with van der Waals surface area (Å²) in [5.41, 5.74) is 2.71. The number of rotatable bonds is 4. The van der Waals surface area contributed by atoms with E-state index in [9.17, 15) is 9.90 Å². The van der Waals surface area contributed by atoms with Gasteiger partial charge in [-0.3, -0.25) is 4.79 Å². The number of benzene rings is 1. The first kappa shape index (κ1) is 14.9. The van der Waals surface area contributed by atoms with Crippen LogP contribution >= 0.6 is 0 Å². The van der Waals surface area contributed by atoms with Crippen molar-refractivity contribution in [2.24, 2.45) is 0 Å². The Morgan fingerprint density at radius 2 is 1.76 bits per heavy atom. The summed E-state index contributed by atoms with van der Waals surface area (Å²) in [5.74, 6) is 0.524. The van der Waals surface area contributed by atoms with Crippen LogP contribution < -0.4 is 4.74 Å². The van der Waals surface area contributed by atoms with E-state index in [1.807, 2.05) is 31.2 Å². The van der Waals surface area contributed by atoms with Crippen molar-refractivity contribution >= 4 is 11.4 Å². The first-order valence-corrected chi connectivity index (χ1v) is 6.69. The first-order valence-electron chi connectivity index (χ1n) is 6.69. The molecular formula is C17H18O4. The number of ketones is 1. The monoisotopic (exact) mass is 286 g/mol. The molecule has 0 saturated heterocycles. The number of allylic oxidation sites excluding steroid dienone is 3. The lowest BCUT2D eigenvalue weighted by Gasteiger charge is -2.17. The van der Waals surface area contributed by atoms with Gasteiger partial charge in [0.15, 0.2) is 5.76 Å². The largest absolute Gasteiger partial charge is 0.504 e. The molecule has 4 heteroatoms. The Morgan fingerprint density at radius 1 is 1.10 bits per heavy atom. The topological polar surface area (TPSA) is 55.8 Å². The van der Waals surface area contributed by atoms with Crippen LogP contribution in [0.3, 0.4) is 0 Å². The molecule has 1 aliphatic carbocycles. The second-order valence-corrected chi connectivity index (χ2v) is 4.58. The van der Waals surface area contributed by atoms with E-state index in [0.29, 0.717) is 5.76 Å². The minimum absolute atomic E-state index is 0.273. The van der Waals surface area contributed by atoms with E-state index in [2.05, 4.69) is 0 Å². The van der Waals surface area contributed by atoms with Gasteiger partial charge in [-0.15, -0.1) is 0 Å². The lowest BCUT2D eigenvalue weighted by molar-refractivity contribution is -0.113. The Kier molecular flexibility index (Phi) is 4.48. The highest BCUT2D eigenvalue weighted by molar-refractivity contribution is 6.05. The molecule has 0 saturated carbocycles. The Balaban J connectivity index is 2.55. The van der Waals surface area contributed by atoms with Crippen LogP contribution in [0.25, 0.3) is 5.57 Å². The quantitative estimate of drug-likeness (QED) is 0.921. The fourth-order valence-corrected chi connectivity index (χ4v) is 2.30. The Bertz CT molecular complexity index is 633. The maximum Gasteiger partial charge on any atom is 0.223 e. The molecule has 0 spiro atoms. The number of hydrogen-bond donors (Lipinski definition) is 1. The predicted molar refractivity (Wildman–Crippen MR) is 81.0 cm³/mol. The average Bonchev–Trinajstić information content (AvgIpc) is 2.51. The SMILES string of the molecule is CCC(=C1C=C(O)C(=O)C=C1OC)c1ccc(OC)cc1. The molecule has 0 heterocycles. The molecule has 110 valence electrons. The third-order valence-electron chi connectivity index (χ3n) is 3.40. The molecule has 4 nitrogen and oxygen atoms in total. The molecule has 0 bridgehead atoms. The molecule has 0 aliphatic heterocycles. The zero-order valence-electron chi connectivity index (χ0n) is 12.3. The highest BCUT2D eigenvalue weighted by atomic mass is 16.5. The number of hydrogen-bond acceptors (Lipinski definition) is 4. The number of carbonyl (C=O) groups excluding carboxylic acids is 1. The van der Waals surface area contributed by atoms with Gasteiger partial charge in [-0.2, -0.15) is 0 Å². The van der Waals surface area contributed by atoms with Gasteiger partial charge < -0.3 is 14.6 Å². The third-order valence-corrected chi connectivity index (χ3v) is 3.40. The molecule has 1 aliphatic rings. The van der Waals surface area contributed by atoms with Gasteiger partial charge in [0, 0.05) is 11.6 Å². The lowest BCUT2D eigenvalue weighted by Crippen LogP contribution is -2.09. The van der Waals surface area contributed by atoms with E-state index in [1.165, 1.54) is 19.3 Å². The van der Waals surface area contributed by atoms with Crippen molar-refractivity contribution in [3.8, 4) is 5.75 Å². The van der Waals surface area contributed by atoms with Crippen molar-refractivity contribution in [2.75, 3.05) is 14.2 Å². The molecule has 1 aromatic rings. The van der Waals surface area contributed by atoms with Crippen LogP contribution in [-0.2, 0) is 9.53 Å². The summed E-state index contributed by atoms with van der Waals surface area (Å²) in [7, 11) is 3.13. The Morgan fingerprint density at radius 3 is 2.29 bits per heavy atom. The number of ether oxygens (including phenoxy) is 2. The molecule has 0 unspecified atom stereocenters. The van der Waals surface area contributed by atoms with Crippen molar-refractivity contribution in [1.29, 1.82) is 0 Å². The summed E-state index contributed by atoms with van der Waals surface area (Å²) in [5, 5.41) is 9.69. The van der Waals surface area contributed by atoms with E-state index in [-0.39, 0.29) is 5.76 Å². The Labute approximate surface area is 124 Å². The molecule has 2 rings (SSSR count). The van der Waals surface area contributed by atoms with E-state index >= 15 is 0 Å². The summed E-state index contributed by atoms with van der Waals surface area (Å²) >= 11 is 0. The van der Waals surface area contributed by atoms with Gasteiger partial charge in [-0.05, 0) is 35.8 Å². The van der Waals surface area contributed by atoms with Crippen LogP contribution in [0.5, 0.6) is 5.75 Å². The molecule has 1 aromatic carbocycles. The van der Waals surface area contributed by atoms with Crippen LogP contribution in [0.15, 0.2) is 53.5 Å². The minimum Gasteiger partial charge on any atom is -0.504 e. The maximum atomic E-state index is 11.5. The van der Waals surface area contributed by atoms with E-state index in [4.69, 9.17) is 9.47 Å². The van der Waals surface area contributed by atoms with Gasteiger partial charge in [0.1, 0.15) is 11.5 Å². The molecule has 0 atom stereocenters. The molecule has 0 amide bonds. The van der Waals surface area contributed by atoms with Crippen LogP contribution in [0.1, 0.15) is 18.9 Å². The zero-order valence-corrected chi connectivity index (χ0v) is 12.3. The van der Waals surface area contributed by atoms with Gasteiger partial charge in [0.25, 0.3) is 0 Å². The van der Waals surface area contributed by atoms with E-state index in [1.54, 1.807) is 7.11 Å². The normalized spacial score (nSPS) is 17.0. The highest BCUT2D eigenvalue weighted by Gasteiger charge is 2.20.